The van der Waals surface area contributed by atoms with E-state index in [9.17, 15) is 10.1 Å². The number of benzene rings is 1. The minimum absolute atomic E-state index is 0. The van der Waals surface area contributed by atoms with E-state index in [0.717, 1.165) is 5.69 Å². The van der Waals surface area contributed by atoms with Crippen LogP contribution in [0.25, 0.3) is 0 Å². The molecule has 0 unspecified atom stereocenters. The minimum Gasteiger partial charge on any atom is -0.494 e. The van der Waals surface area contributed by atoms with Crippen molar-refractivity contribution in [3.63, 3.8) is 0 Å². The number of rotatable bonds is 3. The number of halogens is 1. The number of hydrogen-bond acceptors (Lipinski definition) is 4. The zero-order chi connectivity index (χ0) is 9.84. The Morgan fingerprint density at radius 1 is 1.50 bits per heavy atom. The molecule has 0 aliphatic carbocycles. The molecule has 0 saturated heterocycles. The monoisotopic (exact) mass is 218 g/mol. The van der Waals surface area contributed by atoms with Gasteiger partial charge in [0.15, 0.2) is 0 Å². The van der Waals surface area contributed by atoms with Gasteiger partial charge in [0, 0.05) is 13.1 Å². The zero-order valence-electron chi connectivity index (χ0n) is 7.81. The van der Waals surface area contributed by atoms with E-state index in [1.807, 2.05) is 0 Å². The first-order valence-corrected chi connectivity index (χ1v) is 3.69. The average molecular weight is 219 g/mol. The van der Waals surface area contributed by atoms with E-state index < -0.39 is 4.92 Å². The van der Waals surface area contributed by atoms with Gasteiger partial charge >= 0.3 is 0 Å². The van der Waals surface area contributed by atoms with Crippen LogP contribution in [0.5, 0.6) is 5.75 Å². The van der Waals surface area contributed by atoms with Crippen molar-refractivity contribution in [3.05, 3.63) is 28.3 Å². The molecule has 0 heterocycles. The van der Waals surface area contributed by atoms with Crippen LogP contribution in [0, 0.1) is 10.1 Å². The second-order valence-electron chi connectivity index (χ2n) is 2.39. The summed E-state index contributed by atoms with van der Waals surface area (Å²) >= 11 is 0. The molecule has 1 aromatic rings. The van der Waals surface area contributed by atoms with E-state index in [4.69, 9.17) is 4.74 Å². The number of anilines is 1. The van der Waals surface area contributed by atoms with Gasteiger partial charge in [0.05, 0.1) is 23.8 Å². The second-order valence-corrected chi connectivity index (χ2v) is 2.39. The van der Waals surface area contributed by atoms with Gasteiger partial charge in [-0.05, 0) is 6.07 Å². The predicted molar refractivity (Wildman–Crippen MR) is 56.4 cm³/mol. The van der Waals surface area contributed by atoms with Crippen LogP contribution in [0.1, 0.15) is 0 Å². The van der Waals surface area contributed by atoms with E-state index in [2.05, 4.69) is 5.32 Å². The quantitative estimate of drug-likeness (QED) is 0.623. The molecule has 0 amide bonds. The van der Waals surface area contributed by atoms with E-state index in [0.29, 0.717) is 5.75 Å². The Labute approximate surface area is 87.6 Å². The third-order valence-electron chi connectivity index (χ3n) is 1.67. The Balaban J connectivity index is 0.00000169. The molecule has 1 rings (SSSR count). The molecule has 1 N–H and O–H groups in total. The number of nitro groups is 1. The van der Waals surface area contributed by atoms with Crippen LogP contribution in [0.3, 0.4) is 0 Å². The molecule has 6 heteroatoms. The number of non-ortho nitro benzene ring substituents is 1. The van der Waals surface area contributed by atoms with Crippen molar-refractivity contribution in [2.75, 3.05) is 19.5 Å². The lowest BCUT2D eigenvalue weighted by molar-refractivity contribution is -0.384. The van der Waals surface area contributed by atoms with Crippen LogP contribution < -0.4 is 10.1 Å². The molecule has 0 saturated carbocycles. The van der Waals surface area contributed by atoms with Crippen LogP contribution in [0.15, 0.2) is 18.2 Å². The lowest BCUT2D eigenvalue weighted by Gasteiger charge is -2.06. The maximum atomic E-state index is 10.4. The van der Waals surface area contributed by atoms with E-state index in [-0.39, 0.29) is 18.1 Å². The Hall–Kier alpha value is -1.49. The molecule has 0 radical (unpaired) electrons. The van der Waals surface area contributed by atoms with Crippen molar-refractivity contribution >= 4 is 23.8 Å². The third kappa shape index (κ3) is 2.50. The average Bonchev–Trinajstić information content (AvgIpc) is 2.16. The van der Waals surface area contributed by atoms with Crippen molar-refractivity contribution in [2.24, 2.45) is 0 Å². The van der Waals surface area contributed by atoms with Crippen LogP contribution in [-0.4, -0.2) is 19.1 Å². The van der Waals surface area contributed by atoms with Gasteiger partial charge in [-0.25, -0.2) is 0 Å². The molecule has 78 valence electrons. The molecule has 14 heavy (non-hydrogen) atoms. The highest BCUT2D eigenvalue weighted by Crippen LogP contribution is 2.28. The number of ether oxygens (including phenoxy) is 1. The van der Waals surface area contributed by atoms with Crippen LogP contribution in [0.2, 0.25) is 0 Å². The van der Waals surface area contributed by atoms with Gasteiger partial charge in [0.25, 0.3) is 5.69 Å². The van der Waals surface area contributed by atoms with Crippen LogP contribution >= 0.6 is 12.4 Å². The van der Waals surface area contributed by atoms with Gasteiger partial charge in [-0.1, -0.05) is 0 Å². The summed E-state index contributed by atoms with van der Waals surface area (Å²) in [4.78, 5) is 9.94. The Bertz CT molecular complexity index is 330. The van der Waals surface area contributed by atoms with Crippen molar-refractivity contribution in [1.29, 1.82) is 0 Å². The van der Waals surface area contributed by atoms with E-state index in [1.165, 1.54) is 19.2 Å². The summed E-state index contributed by atoms with van der Waals surface area (Å²) < 4.78 is 4.96. The summed E-state index contributed by atoms with van der Waals surface area (Å²) in [5.74, 6) is 0.469. The van der Waals surface area contributed by atoms with E-state index in [1.54, 1.807) is 13.1 Å². The highest BCUT2D eigenvalue weighted by atomic mass is 35.5. The highest BCUT2D eigenvalue weighted by molar-refractivity contribution is 5.85. The Morgan fingerprint density at radius 2 is 2.14 bits per heavy atom. The molecule has 0 atom stereocenters. The summed E-state index contributed by atoms with van der Waals surface area (Å²) in [6.07, 6.45) is 0. The molecule has 0 aliphatic heterocycles. The van der Waals surface area contributed by atoms with Gasteiger partial charge in [-0.3, -0.25) is 10.1 Å². The number of methoxy groups -OCH3 is 1. The normalized spacial score (nSPS) is 8.71. The number of hydrogen-bond donors (Lipinski definition) is 1. The molecule has 0 aliphatic rings. The van der Waals surface area contributed by atoms with Crippen molar-refractivity contribution in [1.82, 2.24) is 0 Å². The molecule has 0 aromatic heterocycles. The molecule has 1 aromatic carbocycles. The maximum Gasteiger partial charge on any atom is 0.273 e. The Morgan fingerprint density at radius 3 is 2.57 bits per heavy atom. The SMILES string of the molecule is CNc1ccc([N+](=O)[O-])cc1OC.Cl. The fourth-order valence-corrected chi connectivity index (χ4v) is 1.00. The molecule has 5 nitrogen and oxygen atoms in total. The molecular weight excluding hydrogens is 208 g/mol. The number of nitrogens with one attached hydrogen (secondary N) is 1. The first kappa shape index (κ1) is 12.5. The molecule has 0 spiro atoms. The fourth-order valence-electron chi connectivity index (χ4n) is 1.00. The fraction of sp³-hybridized carbons (Fsp3) is 0.250. The van der Waals surface area contributed by atoms with Crippen molar-refractivity contribution in [3.8, 4) is 5.75 Å². The molecule has 0 fully saturated rings. The maximum absolute atomic E-state index is 10.4. The zero-order valence-corrected chi connectivity index (χ0v) is 8.63. The minimum atomic E-state index is -0.456. The molecule has 0 bridgehead atoms. The standard InChI is InChI=1S/C8H10N2O3.ClH/c1-9-7-4-3-6(10(11)12)5-8(7)13-2;/h3-5,9H,1-2H3;1H. The number of nitro benzene ring substituents is 1. The largest absolute Gasteiger partial charge is 0.494 e. The van der Waals surface area contributed by atoms with Gasteiger partial charge in [-0.15, -0.1) is 12.4 Å². The molecular formula is C8H11ClN2O3. The smallest absolute Gasteiger partial charge is 0.273 e. The van der Waals surface area contributed by atoms with Gasteiger partial charge in [-0.2, -0.15) is 0 Å². The first-order chi connectivity index (χ1) is 6.19. The lowest BCUT2D eigenvalue weighted by Crippen LogP contribution is -1.95. The summed E-state index contributed by atoms with van der Waals surface area (Å²) in [5.41, 5.74) is 0.754. The van der Waals surface area contributed by atoms with Gasteiger partial charge < -0.3 is 10.1 Å². The topological polar surface area (TPSA) is 64.4 Å². The Kier molecular flexibility index (Phi) is 4.72. The van der Waals surface area contributed by atoms with Crippen LogP contribution in [-0.2, 0) is 0 Å². The highest BCUT2D eigenvalue weighted by Gasteiger charge is 2.09. The van der Waals surface area contributed by atoms with Gasteiger partial charge in [0.2, 0.25) is 0 Å². The lowest BCUT2D eigenvalue weighted by atomic mass is 10.2. The summed E-state index contributed by atoms with van der Waals surface area (Å²) in [6.45, 7) is 0. The van der Waals surface area contributed by atoms with E-state index >= 15 is 0 Å². The van der Waals surface area contributed by atoms with Crippen molar-refractivity contribution in [2.45, 2.75) is 0 Å². The summed E-state index contributed by atoms with van der Waals surface area (Å²) in [5, 5.41) is 13.3. The van der Waals surface area contributed by atoms with Crippen LogP contribution in [0.4, 0.5) is 11.4 Å². The summed E-state index contributed by atoms with van der Waals surface area (Å²) in [7, 11) is 3.20. The third-order valence-corrected chi connectivity index (χ3v) is 1.67. The summed E-state index contributed by atoms with van der Waals surface area (Å²) in [6, 6.07) is 4.41. The number of nitrogens with zero attached hydrogens (tertiary/aromatic N) is 1. The second kappa shape index (κ2) is 5.29. The predicted octanol–water partition coefficient (Wildman–Crippen LogP) is 2.07. The van der Waals surface area contributed by atoms with Gasteiger partial charge in [0.1, 0.15) is 5.75 Å². The van der Waals surface area contributed by atoms with Crippen molar-refractivity contribution < 1.29 is 9.66 Å². The first-order valence-electron chi connectivity index (χ1n) is 3.69.